The highest BCUT2D eigenvalue weighted by molar-refractivity contribution is 5.84. The van der Waals surface area contributed by atoms with E-state index in [0.717, 1.165) is 49.8 Å². The van der Waals surface area contributed by atoms with Crippen molar-refractivity contribution in [1.29, 1.82) is 0 Å². The van der Waals surface area contributed by atoms with Crippen molar-refractivity contribution in [3.63, 3.8) is 0 Å². The maximum absolute atomic E-state index is 5.47. The summed E-state index contributed by atoms with van der Waals surface area (Å²) < 4.78 is 10.8. The number of ether oxygens (including phenoxy) is 2. The van der Waals surface area contributed by atoms with Crippen molar-refractivity contribution in [1.82, 2.24) is 9.91 Å². The number of rotatable bonds is 6. The minimum Gasteiger partial charge on any atom is -0.493 e. The van der Waals surface area contributed by atoms with Crippen molar-refractivity contribution in [2.75, 3.05) is 40.4 Å². The standard InChI is InChI=1S/C22H29N3O2/c1-17-8-9-20(18(2)14-17)16-24-10-12-25(13-11-24)23-15-19-6-5-7-21(26-3)22(19)27-4/h5-9,14-15H,10-13,16H2,1-4H3. The first kappa shape index (κ1) is 19.2. The third-order valence-electron chi connectivity index (χ3n) is 5.03. The van der Waals surface area contributed by atoms with Crippen LogP contribution in [0.1, 0.15) is 22.3 Å². The van der Waals surface area contributed by atoms with Crippen LogP contribution in [0.25, 0.3) is 0 Å². The van der Waals surface area contributed by atoms with Crippen LogP contribution in [-0.2, 0) is 6.54 Å². The van der Waals surface area contributed by atoms with Crippen molar-refractivity contribution in [2.45, 2.75) is 20.4 Å². The summed E-state index contributed by atoms with van der Waals surface area (Å²) in [5, 5.41) is 6.78. The Hall–Kier alpha value is -2.53. The predicted molar refractivity (Wildman–Crippen MR) is 110 cm³/mol. The highest BCUT2D eigenvalue weighted by Crippen LogP contribution is 2.29. The minimum absolute atomic E-state index is 0.720. The van der Waals surface area contributed by atoms with Gasteiger partial charge in [-0.3, -0.25) is 9.91 Å². The first-order valence-electron chi connectivity index (χ1n) is 9.39. The van der Waals surface area contributed by atoms with Gasteiger partial charge in [0, 0.05) is 38.3 Å². The molecule has 1 fully saturated rings. The van der Waals surface area contributed by atoms with Gasteiger partial charge in [-0.05, 0) is 37.1 Å². The number of methoxy groups -OCH3 is 2. The van der Waals surface area contributed by atoms with E-state index >= 15 is 0 Å². The summed E-state index contributed by atoms with van der Waals surface area (Å²) in [6.07, 6.45) is 1.86. The van der Waals surface area contributed by atoms with E-state index in [1.807, 2.05) is 24.4 Å². The molecule has 2 aromatic carbocycles. The van der Waals surface area contributed by atoms with Gasteiger partial charge in [0.2, 0.25) is 0 Å². The molecule has 0 unspecified atom stereocenters. The van der Waals surface area contributed by atoms with Gasteiger partial charge in [-0.2, -0.15) is 5.10 Å². The Balaban J connectivity index is 1.57. The Morgan fingerprint density at radius 2 is 1.78 bits per heavy atom. The molecule has 0 aromatic heterocycles. The molecule has 0 N–H and O–H groups in total. The van der Waals surface area contributed by atoms with E-state index in [-0.39, 0.29) is 0 Å². The first-order valence-corrected chi connectivity index (χ1v) is 9.39. The number of piperazine rings is 1. The summed E-state index contributed by atoms with van der Waals surface area (Å²) in [6, 6.07) is 12.5. The van der Waals surface area contributed by atoms with Gasteiger partial charge in [-0.15, -0.1) is 0 Å². The molecule has 0 saturated carbocycles. The molecular formula is C22H29N3O2. The fourth-order valence-electron chi connectivity index (χ4n) is 3.43. The lowest BCUT2D eigenvalue weighted by Crippen LogP contribution is -2.43. The summed E-state index contributed by atoms with van der Waals surface area (Å²) >= 11 is 0. The van der Waals surface area contributed by atoms with Crippen molar-refractivity contribution >= 4 is 6.21 Å². The number of para-hydroxylation sites is 1. The SMILES string of the molecule is COc1cccc(C=NN2CCN(Cc3ccc(C)cc3C)CC2)c1OC. The molecule has 1 aliphatic rings. The molecule has 0 aliphatic carbocycles. The van der Waals surface area contributed by atoms with Crippen LogP contribution < -0.4 is 9.47 Å². The van der Waals surface area contributed by atoms with Crippen molar-refractivity contribution < 1.29 is 9.47 Å². The van der Waals surface area contributed by atoms with Gasteiger partial charge in [0.15, 0.2) is 11.5 Å². The number of benzene rings is 2. The summed E-state index contributed by atoms with van der Waals surface area (Å²) in [5.74, 6) is 1.44. The Labute approximate surface area is 162 Å². The quantitative estimate of drug-likeness (QED) is 0.733. The Morgan fingerprint density at radius 1 is 1.00 bits per heavy atom. The minimum atomic E-state index is 0.720. The Morgan fingerprint density at radius 3 is 2.44 bits per heavy atom. The van der Waals surface area contributed by atoms with Crippen LogP contribution in [0.5, 0.6) is 11.5 Å². The Kier molecular flexibility index (Phi) is 6.35. The van der Waals surface area contributed by atoms with E-state index in [0.29, 0.717) is 0 Å². The van der Waals surface area contributed by atoms with Gasteiger partial charge in [0.25, 0.3) is 0 Å². The van der Waals surface area contributed by atoms with Crippen LogP contribution in [0.2, 0.25) is 0 Å². The van der Waals surface area contributed by atoms with Gasteiger partial charge in [0.05, 0.1) is 20.4 Å². The molecule has 1 heterocycles. The molecule has 1 saturated heterocycles. The Bertz CT molecular complexity index is 796. The molecule has 5 nitrogen and oxygen atoms in total. The smallest absolute Gasteiger partial charge is 0.169 e. The lowest BCUT2D eigenvalue weighted by atomic mass is 10.1. The van der Waals surface area contributed by atoms with E-state index in [4.69, 9.17) is 9.47 Å². The summed E-state index contributed by atoms with van der Waals surface area (Å²) in [7, 11) is 3.30. The summed E-state index contributed by atoms with van der Waals surface area (Å²) in [4.78, 5) is 2.50. The third kappa shape index (κ3) is 4.80. The zero-order chi connectivity index (χ0) is 19.2. The van der Waals surface area contributed by atoms with Crippen molar-refractivity contribution in [3.8, 4) is 11.5 Å². The first-order chi connectivity index (χ1) is 13.1. The highest BCUT2D eigenvalue weighted by Gasteiger charge is 2.16. The van der Waals surface area contributed by atoms with Gasteiger partial charge in [0.1, 0.15) is 0 Å². The number of hydrogen-bond acceptors (Lipinski definition) is 5. The number of hydrazone groups is 1. The lowest BCUT2D eigenvalue weighted by Gasteiger charge is -2.33. The zero-order valence-corrected chi connectivity index (χ0v) is 16.7. The molecule has 2 aromatic rings. The van der Waals surface area contributed by atoms with Gasteiger partial charge in [-0.25, -0.2) is 0 Å². The molecule has 3 rings (SSSR count). The van der Waals surface area contributed by atoms with Gasteiger partial charge >= 0.3 is 0 Å². The molecule has 0 atom stereocenters. The third-order valence-corrected chi connectivity index (χ3v) is 5.03. The maximum atomic E-state index is 5.47. The molecule has 1 aliphatic heterocycles. The lowest BCUT2D eigenvalue weighted by molar-refractivity contribution is 0.131. The van der Waals surface area contributed by atoms with Crippen molar-refractivity contribution in [2.24, 2.45) is 5.10 Å². The second kappa shape index (κ2) is 8.91. The number of aryl methyl sites for hydroxylation is 2. The van der Waals surface area contributed by atoms with E-state index < -0.39 is 0 Å². The molecular weight excluding hydrogens is 338 g/mol. The zero-order valence-electron chi connectivity index (χ0n) is 16.7. The maximum Gasteiger partial charge on any atom is 0.169 e. The highest BCUT2D eigenvalue weighted by atomic mass is 16.5. The number of nitrogens with zero attached hydrogens (tertiary/aromatic N) is 3. The molecule has 144 valence electrons. The van der Waals surface area contributed by atoms with E-state index in [1.165, 1.54) is 16.7 Å². The van der Waals surface area contributed by atoms with Gasteiger partial charge < -0.3 is 9.47 Å². The average molecular weight is 367 g/mol. The number of hydrogen-bond donors (Lipinski definition) is 0. The molecule has 0 amide bonds. The fourth-order valence-corrected chi connectivity index (χ4v) is 3.43. The summed E-state index contributed by atoms with van der Waals surface area (Å²) in [6.45, 7) is 9.23. The largest absolute Gasteiger partial charge is 0.493 e. The normalized spacial score (nSPS) is 15.3. The molecule has 27 heavy (non-hydrogen) atoms. The molecule has 5 heteroatoms. The molecule has 0 spiro atoms. The predicted octanol–water partition coefficient (Wildman–Crippen LogP) is 3.47. The molecule has 0 bridgehead atoms. The summed E-state index contributed by atoms with van der Waals surface area (Å²) in [5.41, 5.74) is 5.04. The monoisotopic (exact) mass is 367 g/mol. The fraction of sp³-hybridized carbons (Fsp3) is 0.409. The van der Waals surface area contributed by atoms with Crippen molar-refractivity contribution in [3.05, 3.63) is 58.7 Å². The van der Waals surface area contributed by atoms with Crippen LogP contribution in [0.15, 0.2) is 41.5 Å². The topological polar surface area (TPSA) is 37.3 Å². The van der Waals surface area contributed by atoms with E-state index in [1.54, 1.807) is 14.2 Å². The van der Waals surface area contributed by atoms with Crippen LogP contribution in [0.4, 0.5) is 0 Å². The van der Waals surface area contributed by atoms with Crippen LogP contribution >= 0.6 is 0 Å². The van der Waals surface area contributed by atoms with E-state index in [2.05, 4.69) is 47.1 Å². The van der Waals surface area contributed by atoms with Crippen LogP contribution in [0.3, 0.4) is 0 Å². The van der Waals surface area contributed by atoms with E-state index in [9.17, 15) is 0 Å². The average Bonchev–Trinajstić information content (AvgIpc) is 2.69. The van der Waals surface area contributed by atoms with Crippen LogP contribution in [-0.4, -0.2) is 56.5 Å². The van der Waals surface area contributed by atoms with Crippen LogP contribution in [0, 0.1) is 13.8 Å². The molecule has 0 radical (unpaired) electrons. The second-order valence-electron chi connectivity index (χ2n) is 6.99. The van der Waals surface area contributed by atoms with Gasteiger partial charge in [-0.1, -0.05) is 29.8 Å². The second-order valence-corrected chi connectivity index (χ2v) is 6.99.